The fourth-order valence-electron chi connectivity index (χ4n) is 4.44. The van der Waals surface area contributed by atoms with Gasteiger partial charge in [-0.05, 0) is 25.0 Å². The second-order valence-corrected chi connectivity index (χ2v) is 9.86. The molecule has 0 fully saturated rings. The number of nitro benzene ring substituents is 1. The lowest BCUT2D eigenvalue weighted by molar-refractivity contribution is -0.385. The van der Waals surface area contributed by atoms with Crippen LogP contribution in [-0.4, -0.2) is 34.6 Å². The number of hydrogen-bond donors (Lipinski definition) is 2. The van der Waals surface area contributed by atoms with Gasteiger partial charge in [-0.15, -0.1) is 0 Å². The second kappa shape index (κ2) is 20.4. The molecular formula is C29H48N2O6. The highest BCUT2D eigenvalue weighted by Gasteiger charge is 2.24. The third kappa shape index (κ3) is 15.3. The van der Waals surface area contributed by atoms with E-state index in [0.29, 0.717) is 12.0 Å². The quantitative estimate of drug-likeness (QED) is 0.0725. The summed E-state index contributed by atoms with van der Waals surface area (Å²) in [6, 6.07) is 2.98. The third-order valence-corrected chi connectivity index (χ3v) is 6.59. The van der Waals surface area contributed by atoms with Gasteiger partial charge in [-0.1, -0.05) is 103 Å². The first-order valence-electron chi connectivity index (χ1n) is 14.3. The van der Waals surface area contributed by atoms with Gasteiger partial charge >= 0.3 is 11.7 Å². The van der Waals surface area contributed by atoms with Crippen molar-refractivity contribution < 1.29 is 24.4 Å². The Hall–Kier alpha value is -2.64. The molecule has 37 heavy (non-hydrogen) atoms. The van der Waals surface area contributed by atoms with Crippen LogP contribution in [0.1, 0.15) is 122 Å². The summed E-state index contributed by atoms with van der Waals surface area (Å²) in [5.41, 5.74) is 0.0130. The first-order chi connectivity index (χ1) is 17.9. The summed E-state index contributed by atoms with van der Waals surface area (Å²) in [5, 5.41) is 23.4. The summed E-state index contributed by atoms with van der Waals surface area (Å²) in [7, 11) is 0. The number of aromatic hydroxyl groups is 1. The Labute approximate surface area is 222 Å². The Balaban J connectivity index is 2.23. The molecule has 0 spiro atoms. The van der Waals surface area contributed by atoms with Crippen molar-refractivity contribution in [3.8, 4) is 5.75 Å². The van der Waals surface area contributed by atoms with E-state index in [1.807, 2.05) is 0 Å². The van der Waals surface area contributed by atoms with Crippen molar-refractivity contribution in [3.05, 3.63) is 33.9 Å². The van der Waals surface area contributed by atoms with Crippen LogP contribution in [0.5, 0.6) is 5.75 Å². The van der Waals surface area contributed by atoms with Crippen LogP contribution in [0, 0.1) is 10.1 Å². The Kier molecular flexibility index (Phi) is 17.9. The van der Waals surface area contributed by atoms with Gasteiger partial charge in [-0.3, -0.25) is 14.9 Å². The molecule has 1 amide bonds. The van der Waals surface area contributed by atoms with Crippen molar-refractivity contribution in [3.63, 3.8) is 0 Å². The number of phenolic OH excluding ortho intramolecular Hbond substituents is 1. The summed E-state index contributed by atoms with van der Waals surface area (Å²) >= 11 is 0. The molecular weight excluding hydrogens is 472 g/mol. The van der Waals surface area contributed by atoms with Gasteiger partial charge in [0.2, 0.25) is 5.91 Å². The molecule has 0 bridgehead atoms. The van der Waals surface area contributed by atoms with Gasteiger partial charge < -0.3 is 15.2 Å². The van der Waals surface area contributed by atoms with E-state index in [4.69, 9.17) is 4.74 Å². The first-order valence-corrected chi connectivity index (χ1v) is 14.3. The second-order valence-electron chi connectivity index (χ2n) is 9.86. The molecule has 0 aliphatic heterocycles. The molecule has 2 N–H and O–H groups in total. The first kappa shape index (κ1) is 32.4. The van der Waals surface area contributed by atoms with Gasteiger partial charge in [0.1, 0.15) is 6.04 Å². The Morgan fingerprint density at radius 1 is 0.892 bits per heavy atom. The molecule has 0 aromatic heterocycles. The molecule has 0 aliphatic rings. The molecule has 1 aromatic carbocycles. The largest absolute Gasteiger partial charge is 0.502 e. The average molecular weight is 521 g/mol. The highest BCUT2D eigenvalue weighted by molar-refractivity contribution is 5.84. The number of esters is 1. The van der Waals surface area contributed by atoms with Crippen LogP contribution in [0.2, 0.25) is 0 Å². The van der Waals surface area contributed by atoms with Crippen molar-refractivity contribution in [1.29, 1.82) is 0 Å². The van der Waals surface area contributed by atoms with Crippen molar-refractivity contribution in [2.75, 3.05) is 6.61 Å². The summed E-state index contributed by atoms with van der Waals surface area (Å²) in [6.07, 6.45) is 19.1. The minimum atomic E-state index is -0.937. The lowest BCUT2D eigenvalue weighted by atomic mass is 10.0. The molecule has 1 atom stereocenters. The normalized spacial score (nSPS) is 11.7. The van der Waals surface area contributed by atoms with Crippen LogP contribution in [0.4, 0.5) is 5.69 Å². The number of rotatable bonds is 22. The van der Waals surface area contributed by atoms with Crippen LogP contribution in [0.3, 0.4) is 0 Å². The molecule has 1 aromatic rings. The van der Waals surface area contributed by atoms with Crippen molar-refractivity contribution in [2.24, 2.45) is 0 Å². The predicted molar refractivity (Wildman–Crippen MR) is 147 cm³/mol. The number of nitrogens with zero attached hydrogens (tertiary/aromatic N) is 1. The van der Waals surface area contributed by atoms with E-state index in [1.54, 1.807) is 6.92 Å². The topological polar surface area (TPSA) is 119 Å². The van der Waals surface area contributed by atoms with Crippen LogP contribution in [0.15, 0.2) is 18.2 Å². The van der Waals surface area contributed by atoms with Gasteiger partial charge in [-0.25, -0.2) is 4.79 Å². The SMILES string of the molecule is CCCCCCCCCCCCCCCCCC(=O)N[C@H](Cc1ccc(O)c([N+](=O)[O-])c1)C(=O)OCC. The molecule has 0 saturated heterocycles. The lowest BCUT2D eigenvalue weighted by Gasteiger charge is -2.17. The average Bonchev–Trinajstić information content (AvgIpc) is 2.87. The zero-order valence-corrected chi connectivity index (χ0v) is 23.0. The van der Waals surface area contributed by atoms with Gasteiger partial charge in [0, 0.05) is 18.9 Å². The molecule has 0 saturated carbocycles. The number of nitro groups is 1. The van der Waals surface area contributed by atoms with Crippen LogP contribution in [-0.2, 0) is 20.7 Å². The molecule has 0 unspecified atom stereocenters. The monoisotopic (exact) mass is 520 g/mol. The number of nitrogens with one attached hydrogen (secondary N) is 1. The third-order valence-electron chi connectivity index (χ3n) is 6.59. The molecule has 8 nitrogen and oxygen atoms in total. The van der Waals surface area contributed by atoms with E-state index in [2.05, 4.69) is 12.2 Å². The minimum Gasteiger partial charge on any atom is -0.502 e. The van der Waals surface area contributed by atoms with Gasteiger partial charge in [0.15, 0.2) is 5.75 Å². The Morgan fingerprint density at radius 2 is 1.41 bits per heavy atom. The molecule has 0 aliphatic carbocycles. The van der Waals surface area contributed by atoms with Crippen LogP contribution >= 0.6 is 0 Å². The molecule has 0 radical (unpaired) electrons. The van der Waals surface area contributed by atoms with Crippen molar-refractivity contribution in [1.82, 2.24) is 5.32 Å². The number of amides is 1. The number of carbonyl (C=O) groups is 2. The summed E-state index contributed by atoms with van der Waals surface area (Å²) in [5.74, 6) is -1.26. The smallest absolute Gasteiger partial charge is 0.328 e. The van der Waals surface area contributed by atoms with Gasteiger partial charge in [0.25, 0.3) is 0 Å². The standard InChI is InChI=1S/C29H48N2O6/c1-3-5-6-7-8-9-10-11-12-13-14-15-16-17-18-19-28(33)30-25(29(34)37-4-2)22-24-20-21-27(32)26(23-24)31(35)36/h20-21,23,25,32H,3-19,22H2,1-2H3,(H,30,33)/t25-/m1/s1. The maximum atomic E-state index is 12.4. The number of hydrogen-bond acceptors (Lipinski definition) is 6. The number of ether oxygens (including phenoxy) is 1. The van der Waals surface area contributed by atoms with E-state index in [9.17, 15) is 24.8 Å². The maximum Gasteiger partial charge on any atom is 0.328 e. The maximum absolute atomic E-state index is 12.4. The van der Waals surface area contributed by atoms with E-state index >= 15 is 0 Å². The van der Waals surface area contributed by atoms with Gasteiger partial charge in [0.05, 0.1) is 11.5 Å². The Bertz CT molecular complexity index is 799. The summed E-state index contributed by atoms with van der Waals surface area (Å²) < 4.78 is 5.07. The van der Waals surface area contributed by atoms with E-state index in [-0.39, 0.29) is 18.9 Å². The van der Waals surface area contributed by atoms with Crippen LogP contribution in [0.25, 0.3) is 0 Å². The van der Waals surface area contributed by atoms with Crippen LogP contribution < -0.4 is 5.32 Å². The van der Waals surface area contributed by atoms with E-state index < -0.39 is 28.4 Å². The number of unbranched alkanes of at least 4 members (excludes halogenated alkanes) is 14. The van der Waals surface area contributed by atoms with Crippen molar-refractivity contribution in [2.45, 2.75) is 129 Å². The fourth-order valence-corrected chi connectivity index (χ4v) is 4.44. The molecule has 0 heterocycles. The number of carbonyl (C=O) groups excluding carboxylic acids is 2. The van der Waals surface area contributed by atoms with E-state index in [1.165, 1.54) is 95.2 Å². The molecule has 8 heteroatoms. The minimum absolute atomic E-state index is 0.0462. The molecule has 210 valence electrons. The summed E-state index contributed by atoms with van der Waals surface area (Å²) in [6.45, 7) is 4.10. The Morgan fingerprint density at radius 3 is 1.89 bits per heavy atom. The number of phenols is 1. The summed E-state index contributed by atoms with van der Waals surface area (Å²) in [4.78, 5) is 35.2. The van der Waals surface area contributed by atoms with E-state index in [0.717, 1.165) is 19.3 Å². The van der Waals surface area contributed by atoms with Gasteiger partial charge in [-0.2, -0.15) is 0 Å². The zero-order chi connectivity index (χ0) is 27.3. The highest BCUT2D eigenvalue weighted by atomic mass is 16.6. The lowest BCUT2D eigenvalue weighted by Crippen LogP contribution is -2.43. The zero-order valence-electron chi connectivity index (χ0n) is 23.0. The highest BCUT2D eigenvalue weighted by Crippen LogP contribution is 2.27. The predicted octanol–water partition coefficient (Wildman–Crippen LogP) is 7.15. The molecule has 1 rings (SSSR count). The van der Waals surface area contributed by atoms with Crippen molar-refractivity contribution >= 4 is 17.6 Å². The number of benzene rings is 1. The fraction of sp³-hybridized carbons (Fsp3) is 0.724.